The number of pyridine rings is 1. The summed E-state index contributed by atoms with van der Waals surface area (Å²) in [6.45, 7) is 7.30. The van der Waals surface area contributed by atoms with Crippen molar-refractivity contribution in [1.82, 2.24) is 9.88 Å². The largest absolute Gasteiger partial charge is 0.444 e. The van der Waals surface area contributed by atoms with Gasteiger partial charge in [-0.15, -0.1) is 11.8 Å². The molecular weight excluding hydrogens is 272 g/mol. The van der Waals surface area contributed by atoms with Crippen LogP contribution < -0.4 is 0 Å². The summed E-state index contributed by atoms with van der Waals surface area (Å²) in [5.41, 5.74) is -0.416. The summed E-state index contributed by atoms with van der Waals surface area (Å²) in [5, 5.41) is 0. The van der Waals surface area contributed by atoms with Gasteiger partial charge in [-0.3, -0.25) is 4.98 Å². The summed E-state index contributed by atoms with van der Waals surface area (Å²) in [6.07, 6.45) is 4.49. The maximum atomic E-state index is 12.0. The Hall–Kier alpha value is -1.23. The zero-order valence-electron chi connectivity index (χ0n) is 12.3. The molecule has 1 atom stereocenters. The van der Waals surface area contributed by atoms with Crippen molar-refractivity contribution in [2.45, 2.75) is 37.7 Å². The van der Waals surface area contributed by atoms with Crippen LogP contribution in [0.2, 0.25) is 0 Å². The van der Waals surface area contributed by atoms with Gasteiger partial charge in [-0.25, -0.2) is 4.79 Å². The average Bonchev–Trinajstić information content (AvgIpc) is 2.84. The van der Waals surface area contributed by atoms with Crippen LogP contribution in [-0.2, 0) is 4.74 Å². The van der Waals surface area contributed by atoms with Gasteiger partial charge in [0.05, 0.1) is 0 Å². The SMILES string of the molecule is CC(C)(C)OC(=O)N1CCC(CSc2ccncc2)C1. The fourth-order valence-corrected chi connectivity index (χ4v) is 3.12. The highest BCUT2D eigenvalue weighted by Crippen LogP contribution is 2.26. The highest BCUT2D eigenvalue weighted by molar-refractivity contribution is 7.99. The van der Waals surface area contributed by atoms with Gasteiger partial charge in [0.1, 0.15) is 5.60 Å². The summed E-state index contributed by atoms with van der Waals surface area (Å²) < 4.78 is 5.40. The van der Waals surface area contributed by atoms with Crippen molar-refractivity contribution in [3.8, 4) is 0 Å². The van der Waals surface area contributed by atoms with Crippen molar-refractivity contribution in [2.24, 2.45) is 5.92 Å². The number of likely N-dealkylation sites (tertiary alicyclic amines) is 1. The zero-order valence-corrected chi connectivity index (χ0v) is 13.2. The van der Waals surface area contributed by atoms with E-state index in [0.717, 1.165) is 25.3 Å². The second kappa shape index (κ2) is 6.48. The molecule has 1 fully saturated rings. The Labute approximate surface area is 124 Å². The number of thioether (sulfide) groups is 1. The number of hydrogen-bond donors (Lipinski definition) is 0. The van der Waals surface area contributed by atoms with Crippen LogP contribution in [0.15, 0.2) is 29.4 Å². The molecule has 0 saturated carbocycles. The molecule has 1 aromatic heterocycles. The van der Waals surface area contributed by atoms with E-state index in [1.54, 1.807) is 0 Å². The van der Waals surface area contributed by atoms with Crippen molar-refractivity contribution in [3.63, 3.8) is 0 Å². The molecule has 4 nitrogen and oxygen atoms in total. The number of rotatable bonds is 3. The summed E-state index contributed by atoms with van der Waals surface area (Å²) >= 11 is 1.83. The van der Waals surface area contributed by atoms with Gasteiger partial charge in [-0.2, -0.15) is 0 Å². The van der Waals surface area contributed by atoms with Crippen molar-refractivity contribution < 1.29 is 9.53 Å². The van der Waals surface area contributed by atoms with Crippen molar-refractivity contribution in [2.75, 3.05) is 18.8 Å². The smallest absolute Gasteiger partial charge is 0.410 e. The minimum atomic E-state index is -0.416. The van der Waals surface area contributed by atoms with Gasteiger partial charge >= 0.3 is 6.09 Å². The first-order chi connectivity index (χ1) is 9.44. The molecule has 2 rings (SSSR count). The molecule has 0 N–H and O–H groups in total. The van der Waals surface area contributed by atoms with Crippen molar-refractivity contribution in [1.29, 1.82) is 0 Å². The third-order valence-electron chi connectivity index (χ3n) is 3.07. The number of hydrogen-bond acceptors (Lipinski definition) is 4. The average molecular weight is 294 g/mol. The lowest BCUT2D eigenvalue weighted by Gasteiger charge is -2.24. The summed E-state index contributed by atoms with van der Waals surface area (Å²) in [4.78, 5) is 19.0. The van der Waals surface area contributed by atoms with Crippen LogP contribution in [0.3, 0.4) is 0 Å². The zero-order chi connectivity index (χ0) is 14.6. The Bertz CT molecular complexity index is 445. The lowest BCUT2D eigenvalue weighted by molar-refractivity contribution is 0.0289. The second-order valence-electron chi connectivity index (χ2n) is 6.07. The monoisotopic (exact) mass is 294 g/mol. The van der Waals surface area contributed by atoms with Gasteiger partial charge in [-0.05, 0) is 45.2 Å². The fourth-order valence-electron chi connectivity index (χ4n) is 2.11. The van der Waals surface area contributed by atoms with Crippen molar-refractivity contribution >= 4 is 17.9 Å². The quantitative estimate of drug-likeness (QED) is 0.801. The number of amides is 1. The van der Waals surface area contributed by atoms with Gasteiger partial charge in [0.2, 0.25) is 0 Å². The van der Waals surface area contributed by atoms with Gasteiger partial charge in [0, 0.05) is 36.1 Å². The normalized spacial score (nSPS) is 19.1. The van der Waals surface area contributed by atoms with Crippen LogP contribution in [-0.4, -0.2) is 40.4 Å². The number of aromatic nitrogens is 1. The van der Waals surface area contributed by atoms with E-state index in [0.29, 0.717) is 5.92 Å². The predicted molar refractivity (Wildman–Crippen MR) is 80.9 cm³/mol. The number of nitrogens with zero attached hydrogens (tertiary/aromatic N) is 2. The Morgan fingerprint density at radius 3 is 2.80 bits per heavy atom. The molecule has 1 aliphatic rings. The van der Waals surface area contributed by atoms with E-state index in [4.69, 9.17) is 4.74 Å². The van der Waals surface area contributed by atoms with Gasteiger partial charge in [0.15, 0.2) is 0 Å². The molecule has 2 heterocycles. The van der Waals surface area contributed by atoms with Crippen LogP contribution >= 0.6 is 11.8 Å². The summed E-state index contributed by atoms with van der Waals surface area (Å²) in [5.74, 6) is 1.57. The molecule has 0 aromatic carbocycles. The summed E-state index contributed by atoms with van der Waals surface area (Å²) in [7, 11) is 0. The first-order valence-electron chi connectivity index (χ1n) is 6.95. The maximum absolute atomic E-state index is 12.0. The first kappa shape index (κ1) is 15.2. The van der Waals surface area contributed by atoms with E-state index in [-0.39, 0.29) is 6.09 Å². The molecule has 0 bridgehead atoms. The van der Waals surface area contributed by atoms with E-state index < -0.39 is 5.60 Å². The van der Waals surface area contributed by atoms with E-state index in [2.05, 4.69) is 4.98 Å². The Balaban J connectivity index is 1.76. The Morgan fingerprint density at radius 2 is 2.15 bits per heavy atom. The Morgan fingerprint density at radius 1 is 1.45 bits per heavy atom. The third-order valence-corrected chi connectivity index (χ3v) is 4.32. The number of ether oxygens (including phenoxy) is 1. The van der Waals surface area contributed by atoms with Gasteiger partial charge in [-0.1, -0.05) is 0 Å². The lowest BCUT2D eigenvalue weighted by atomic mass is 10.2. The standard InChI is InChI=1S/C15H22N2O2S/c1-15(2,3)19-14(18)17-9-6-12(10-17)11-20-13-4-7-16-8-5-13/h4-5,7-8,12H,6,9-11H2,1-3H3. The second-order valence-corrected chi connectivity index (χ2v) is 7.17. The molecule has 0 spiro atoms. The topological polar surface area (TPSA) is 42.4 Å². The summed E-state index contributed by atoms with van der Waals surface area (Å²) in [6, 6.07) is 4.04. The molecule has 0 radical (unpaired) electrons. The predicted octanol–water partition coefficient (Wildman–Crippen LogP) is 3.43. The number of carbonyl (C=O) groups excluding carboxylic acids is 1. The fraction of sp³-hybridized carbons (Fsp3) is 0.600. The van der Waals surface area contributed by atoms with E-state index in [9.17, 15) is 4.79 Å². The van der Waals surface area contributed by atoms with Crippen LogP contribution in [0.4, 0.5) is 4.79 Å². The number of carbonyl (C=O) groups is 1. The van der Waals surface area contributed by atoms with Crippen LogP contribution in [0.1, 0.15) is 27.2 Å². The minimum Gasteiger partial charge on any atom is -0.444 e. The molecular formula is C15H22N2O2S. The maximum Gasteiger partial charge on any atom is 0.410 e. The van der Waals surface area contributed by atoms with Crippen LogP contribution in [0, 0.1) is 5.92 Å². The van der Waals surface area contributed by atoms with E-state index in [1.165, 1.54) is 4.90 Å². The van der Waals surface area contributed by atoms with Crippen molar-refractivity contribution in [3.05, 3.63) is 24.5 Å². The van der Waals surface area contributed by atoms with Crippen LogP contribution in [0.25, 0.3) is 0 Å². The molecule has 5 heteroatoms. The van der Waals surface area contributed by atoms with Crippen LogP contribution in [0.5, 0.6) is 0 Å². The molecule has 20 heavy (non-hydrogen) atoms. The van der Waals surface area contributed by atoms with Gasteiger partial charge < -0.3 is 9.64 Å². The molecule has 1 aliphatic heterocycles. The highest BCUT2D eigenvalue weighted by Gasteiger charge is 2.29. The molecule has 1 aromatic rings. The molecule has 110 valence electrons. The van der Waals surface area contributed by atoms with E-state index in [1.807, 2.05) is 62.0 Å². The molecule has 1 unspecified atom stereocenters. The van der Waals surface area contributed by atoms with Gasteiger partial charge in [0.25, 0.3) is 0 Å². The molecule has 0 aliphatic carbocycles. The lowest BCUT2D eigenvalue weighted by Crippen LogP contribution is -2.35. The third kappa shape index (κ3) is 4.71. The highest BCUT2D eigenvalue weighted by atomic mass is 32.2. The van der Waals surface area contributed by atoms with E-state index >= 15 is 0 Å². The molecule has 1 amide bonds. The first-order valence-corrected chi connectivity index (χ1v) is 7.93. The minimum absolute atomic E-state index is 0.186. The Kier molecular flexibility index (Phi) is 4.91. The molecule has 1 saturated heterocycles.